The molecule has 0 bridgehead atoms. The lowest BCUT2D eigenvalue weighted by molar-refractivity contribution is 0.102. The van der Waals surface area contributed by atoms with Crippen LogP contribution in [0.4, 0.5) is 11.4 Å². The first kappa shape index (κ1) is 14.9. The standard InChI is InChI=1S/C14H12Br2N2O2/c1-20-13-3-2-11(7-12(13)16)18-14(19)8-4-9(15)6-10(17)5-8/h2-7H,17H2,1H3,(H,18,19). The fourth-order valence-electron chi connectivity index (χ4n) is 1.69. The Morgan fingerprint density at radius 1 is 1.20 bits per heavy atom. The number of halogens is 2. The van der Waals surface area contributed by atoms with Gasteiger partial charge in [-0.25, -0.2) is 0 Å². The number of rotatable bonds is 3. The van der Waals surface area contributed by atoms with Crippen LogP contribution in [0.15, 0.2) is 45.3 Å². The number of carbonyl (C=O) groups is 1. The molecule has 0 aliphatic carbocycles. The molecule has 1 amide bonds. The number of nitrogen functional groups attached to an aromatic ring is 1. The molecule has 0 fully saturated rings. The molecule has 0 saturated carbocycles. The SMILES string of the molecule is COc1ccc(NC(=O)c2cc(N)cc(Br)c2)cc1Br. The number of nitrogens with one attached hydrogen (secondary N) is 1. The van der Waals surface area contributed by atoms with Crippen molar-refractivity contribution in [1.82, 2.24) is 0 Å². The van der Waals surface area contributed by atoms with E-state index in [1.165, 1.54) is 0 Å². The molecule has 0 spiro atoms. The molecule has 20 heavy (non-hydrogen) atoms. The highest BCUT2D eigenvalue weighted by Gasteiger charge is 2.09. The molecule has 0 radical (unpaired) electrons. The molecular weight excluding hydrogens is 388 g/mol. The van der Waals surface area contributed by atoms with Crippen LogP contribution in [0.1, 0.15) is 10.4 Å². The predicted octanol–water partition coefficient (Wildman–Crippen LogP) is 4.05. The molecule has 0 aromatic heterocycles. The molecule has 4 nitrogen and oxygen atoms in total. The first-order chi connectivity index (χ1) is 9.49. The molecule has 2 aromatic carbocycles. The van der Waals surface area contributed by atoms with E-state index in [1.807, 2.05) is 0 Å². The minimum Gasteiger partial charge on any atom is -0.496 e. The number of methoxy groups -OCH3 is 1. The van der Waals surface area contributed by atoms with Crippen molar-refractivity contribution in [2.24, 2.45) is 0 Å². The molecule has 0 heterocycles. The van der Waals surface area contributed by atoms with E-state index in [-0.39, 0.29) is 5.91 Å². The zero-order valence-corrected chi connectivity index (χ0v) is 13.8. The highest BCUT2D eigenvalue weighted by molar-refractivity contribution is 9.10. The van der Waals surface area contributed by atoms with E-state index in [0.717, 1.165) is 8.95 Å². The number of benzene rings is 2. The van der Waals surface area contributed by atoms with Gasteiger partial charge in [-0.05, 0) is 52.3 Å². The van der Waals surface area contributed by atoms with E-state index in [9.17, 15) is 4.79 Å². The number of hydrogen-bond acceptors (Lipinski definition) is 3. The van der Waals surface area contributed by atoms with E-state index >= 15 is 0 Å². The third kappa shape index (κ3) is 3.52. The van der Waals surface area contributed by atoms with Gasteiger partial charge in [0, 0.05) is 21.4 Å². The van der Waals surface area contributed by atoms with Crippen molar-refractivity contribution < 1.29 is 9.53 Å². The summed E-state index contributed by atoms with van der Waals surface area (Å²) in [5, 5.41) is 2.80. The summed E-state index contributed by atoms with van der Waals surface area (Å²) in [6.45, 7) is 0. The Labute approximate surface area is 133 Å². The van der Waals surface area contributed by atoms with Crippen LogP contribution in [0.2, 0.25) is 0 Å². The minimum atomic E-state index is -0.227. The first-order valence-corrected chi connectivity index (χ1v) is 7.29. The van der Waals surface area contributed by atoms with Crippen LogP contribution in [-0.4, -0.2) is 13.0 Å². The second-order valence-electron chi connectivity index (χ2n) is 4.08. The summed E-state index contributed by atoms with van der Waals surface area (Å²) in [5.74, 6) is 0.477. The maximum absolute atomic E-state index is 12.2. The van der Waals surface area contributed by atoms with Gasteiger partial charge in [-0.15, -0.1) is 0 Å². The Kier molecular flexibility index (Phi) is 4.67. The fraction of sp³-hybridized carbons (Fsp3) is 0.0714. The zero-order chi connectivity index (χ0) is 14.7. The number of carbonyl (C=O) groups excluding carboxylic acids is 1. The third-order valence-corrected chi connectivity index (χ3v) is 3.67. The number of hydrogen-bond donors (Lipinski definition) is 2. The summed E-state index contributed by atoms with van der Waals surface area (Å²) in [6.07, 6.45) is 0. The van der Waals surface area contributed by atoms with Gasteiger partial charge in [0.2, 0.25) is 0 Å². The molecule has 0 atom stereocenters. The Hall–Kier alpha value is -1.53. The maximum Gasteiger partial charge on any atom is 0.255 e. The Bertz CT molecular complexity index is 639. The van der Waals surface area contributed by atoms with Crippen molar-refractivity contribution in [3.8, 4) is 5.75 Å². The van der Waals surface area contributed by atoms with Crippen LogP contribution in [-0.2, 0) is 0 Å². The van der Waals surface area contributed by atoms with Gasteiger partial charge in [0.25, 0.3) is 5.91 Å². The average molecular weight is 400 g/mol. The molecule has 6 heteroatoms. The summed E-state index contributed by atoms with van der Waals surface area (Å²) < 4.78 is 6.67. The van der Waals surface area contributed by atoms with Gasteiger partial charge in [-0.1, -0.05) is 15.9 Å². The lowest BCUT2D eigenvalue weighted by Crippen LogP contribution is -2.12. The quantitative estimate of drug-likeness (QED) is 0.765. The summed E-state index contributed by atoms with van der Waals surface area (Å²) in [7, 11) is 1.59. The first-order valence-electron chi connectivity index (χ1n) is 5.70. The van der Waals surface area contributed by atoms with Gasteiger partial charge in [-0.3, -0.25) is 4.79 Å². The maximum atomic E-state index is 12.2. The Morgan fingerprint density at radius 2 is 1.95 bits per heavy atom. The second-order valence-corrected chi connectivity index (χ2v) is 5.85. The van der Waals surface area contributed by atoms with Crippen molar-refractivity contribution in [2.45, 2.75) is 0 Å². The molecule has 0 saturated heterocycles. The second kappa shape index (κ2) is 6.28. The van der Waals surface area contributed by atoms with Crippen molar-refractivity contribution in [3.63, 3.8) is 0 Å². The van der Waals surface area contributed by atoms with Crippen LogP contribution >= 0.6 is 31.9 Å². The van der Waals surface area contributed by atoms with E-state index < -0.39 is 0 Å². The topological polar surface area (TPSA) is 64.3 Å². The van der Waals surface area contributed by atoms with Gasteiger partial charge in [0.05, 0.1) is 11.6 Å². The highest BCUT2D eigenvalue weighted by atomic mass is 79.9. The monoisotopic (exact) mass is 398 g/mol. The summed E-state index contributed by atoms with van der Waals surface area (Å²) in [4.78, 5) is 12.2. The van der Waals surface area contributed by atoms with Crippen molar-refractivity contribution in [2.75, 3.05) is 18.2 Å². The molecule has 0 unspecified atom stereocenters. The van der Waals surface area contributed by atoms with E-state index in [2.05, 4.69) is 37.2 Å². The van der Waals surface area contributed by atoms with Crippen molar-refractivity contribution >= 4 is 49.1 Å². The largest absolute Gasteiger partial charge is 0.496 e. The minimum absolute atomic E-state index is 0.227. The predicted molar refractivity (Wildman–Crippen MR) is 87.2 cm³/mol. The van der Waals surface area contributed by atoms with Crippen LogP contribution in [0.5, 0.6) is 5.75 Å². The van der Waals surface area contributed by atoms with E-state index in [0.29, 0.717) is 22.7 Å². The number of anilines is 2. The lowest BCUT2D eigenvalue weighted by atomic mass is 10.2. The van der Waals surface area contributed by atoms with Crippen LogP contribution in [0.25, 0.3) is 0 Å². The van der Waals surface area contributed by atoms with Crippen molar-refractivity contribution in [3.05, 3.63) is 50.9 Å². The van der Waals surface area contributed by atoms with Gasteiger partial charge in [0.15, 0.2) is 0 Å². The average Bonchev–Trinajstić information content (AvgIpc) is 2.37. The van der Waals surface area contributed by atoms with Gasteiger partial charge >= 0.3 is 0 Å². The molecule has 3 N–H and O–H groups in total. The lowest BCUT2D eigenvalue weighted by Gasteiger charge is -2.09. The molecule has 0 aliphatic rings. The van der Waals surface area contributed by atoms with E-state index in [4.69, 9.17) is 10.5 Å². The van der Waals surface area contributed by atoms with Gasteiger partial charge < -0.3 is 15.8 Å². The number of ether oxygens (including phenoxy) is 1. The molecule has 2 aromatic rings. The van der Waals surface area contributed by atoms with Gasteiger partial charge in [-0.2, -0.15) is 0 Å². The summed E-state index contributed by atoms with van der Waals surface area (Å²) in [6, 6.07) is 10.4. The molecule has 0 aliphatic heterocycles. The van der Waals surface area contributed by atoms with Crippen LogP contribution in [0, 0.1) is 0 Å². The Balaban J connectivity index is 2.21. The Morgan fingerprint density at radius 3 is 2.55 bits per heavy atom. The third-order valence-electron chi connectivity index (χ3n) is 2.59. The zero-order valence-electron chi connectivity index (χ0n) is 10.6. The number of amides is 1. The molecule has 104 valence electrons. The summed E-state index contributed by atoms with van der Waals surface area (Å²) in [5.41, 5.74) is 7.40. The number of nitrogens with two attached hydrogens (primary N) is 1. The highest BCUT2D eigenvalue weighted by Crippen LogP contribution is 2.28. The fourth-order valence-corrected chi connectivity index (χ4v) is 2.74. The molecular formula is C14H12Br2N2O2. The smallest absolute Gasteiger partial charge is 0.255 e. The van der Waals surface area contributed by atoms with Crippen LogP contribution in [0.3, 0.4) is 0 Å². The molecule has 2 rings (SSSR count). The van der Waals surface area contributed by atoms with Gasteiger partial charge in [0.1, 0.15) is 5.75 Å². The normalized spacial score (nSPS) is 10.2. The van der Waals surface area contributed by atoms with Crippen molar-refractivity contribution in [1.29, 1.82) is 0 Å². The van der Waals surface area contributed by atoms with Crippen LogP contribution < -0.4 is 15.8 Å². The van der Waals surface area contributed by atoms with E-state index in [1.54, 1.807) is 43.5 Å². The summed E-state index contributed by atoms with van der Waals surface area (Å²) >= 11 is 6.69.